The van der Waals surface area contributed by atoms with Crippen LogP contribution in [-0.4, -0.2) is 31.1 Å². The molecule has 2 aromatic heterocycles. The van der Waals surface area contributed by atoms with Crippen LogP contribution >= 0.6 is 11.3 Å². The highest BCUT2D eigenvalue weighted by atomic mass is 32.1. The van der Waals surface area contributed by atoms with Crippen molar-refractivity contribution in [3.63, 3.8) is 0 Å². The SMILES string of the molecule is C[C@H](NC(=O)Cn1nc2ccccc2n1)c1nnc(N)s1. The van der Waals surface area contributed by atoms with E-state index < -0.39 is 0 Å². The maximum Gasteiger partial charge on any atom is 0.244 e. The standard InChI is InChI=1S/C12H13N7OS/c1-7(11-15-16-12(13)21-11)14-10(20)6-19-17-8-4-2-3-5-9(8)18-19/h2-5,7H,6H2,1H3,(H2,13,16)(H,14,20)/t7-/m0/s1. The third-order valence-electron chi connectivity index (χ3n) is 2.82. The number of fused-ring (bicyclic) bond motifs is 1. The van der Waals surface area contributed by atoms with E-state index in [2.05, 4.69) is 25.7 Å². The molecule has 0 radical (unpaired) electrons. The number of carbonyl (C=O) groups is 1. The Balaban J connectivity index is 1.66. The normalized spacial score (nSPS) is 12.4. The topological polar surface area (TPSA) is 112 Å². The van der Waals surface area contributed by atoms with Crippen LogP contribution in [0.2, 0.25) is 0 Å². The molecule has 1 atom stereocenters. The van der Waals surface area contributed by atoms with Gasteiger partial charge in [0.2, 0.25) is 11.0 Å². The van der Waals surface area contributed by atoms with Crippen molar-refractivity contribution in [2.75, 3.05) is 5.73 Å². The van der Waals surface area contributed by atoms with Crippen LogP contribution in [-0.2, 0) is 11.3 Å². The number of carbonyl (C=O) groups excluding carboxylic acids is 1. The molecule has 108 valence electrons. The molecule has 0 spiro atoms. The third kappa shape index (κ3) is 2.97. The van der Waals surface area contributed by atoms with Gasteiger partial charge in [0.15, 0.2) is 0 Å². The number of hydrogen-bond donors (Lipinski definition) is 2. The van der Waals surface area contributed by atoms with E-state index in [9.17, 15) is 4.79 Å². The molecule has 9 heteroatoms. The van der Waals surface area contributed by atoms with Crippen LogP contribution in [0, 0.1) is 0 Å². The van der Waals surface area contributed by atoms with Gasteiger partial charge in [-0.05, 0) is 19.1 Å². The van der Waals surface area contributed by atoms with Crippen LogP contribution in [0.1, 0.15) is 18.0 Å². The summed E-state index contributed by atoms with van der Waals surface area (Å²) in [6.45, 7) is 1.87. The van der Waals surface area contributed by atoms with Gasteiger partial charge in [-0.25, -0.2) is 0 Å². The van der Waals surface area contributed by atoms with Gasteiger partial charge in [0.1, 0.15) is 22.6 Å². The van der Waals surface area contributed by atoms with Crippen molar-refractivity contribution >= 4 is 33.4 Å². The Morgan fingerprint density at radius 3 is 2.57 bits per heavy atom. The van der Waals surface area contributed by atoms with Crippen molar-refractivity contribution in [1.29, 1.82) is 0 Å². The van der Waals surface area contributed by atoms with Gasteiger partial charge < -0.3 is 11.1 Å². The van der Waals surface area contributed by atoms with Crippen LogP contribution in [0.15, 0.2) is 24.3 Å². The van der Waals surface area contributed by atoms with Crippen molar-refractivity contribution in [2.45, 2.75) is 19.5 Å². The number of nitrogens with one attached hydrogen (secondary N) is 1. The monoisotopic (exact) mass is 303 g/mol. The predicted octanol–water partition coefficient (Wildman–Crippen LogP) is 0.742. The van der Waals surface area contributed by atoms with Gasteiger partial charge in [-0.3, -0.25) is 4.79 Å². The molecule has 0 aliphatic carbocycles. The molecule has 1 amide bonds. The molecule has 8 nitrogen and oxygen atoms in total. The van der Waals surface area contributed by atoms with E-state index in [1.807, 2.05) is 31.2 Å². The molecule has 0 unspecified atom stereocenters. The van der Waals surface area contributed by atoms with Gasteiger partial charge >= 0.3 is 0 Å². The van der Waals surface area contributed by atoms with E-state index in [-0.39, 0.29) is 18.5 Å². The van der Waals surface area contributed by atoms with Crippen molar-refractivity contribution in [1.82, 2.24) is 30.5 Å². The van der Waals surface area contributed by atoms with Crippen molar-refractivity contribution < 1.29 is 4.79 Å². The zero-order chi connectivity index (χ0) is 14.8. The first-order valence-corrected chi connectivity index (χ1v) is 7.11. The van der Waals surface area contributed by atoms with Gasteiger partial charge in [-0.2, -0.15) is 15.0 Å². The summed E-state index contributed by atoms with van der Waals surface area (Å²) in [4.78, 5) is 13.4. The second-order valence-electron chi connectivity index (χ2n) is 4.49. The maximum atomic E-state index is 12.0. The molecule has 1 aromatic carbocycles. The summed E-state index contributed by atoms with van der Waals surface area (Å²) in [5.74, 6) is -0.198. The fraction of sp³-hybridized carbons (Fsp3) is 0.250. The highest BCUT2D eigenvalue weighted by molar-refractivity contribution is 7.15. The molecule has 0 aliphatic rings. The Bertz CT molecular complexity index is 748. The second kappa shape index (κ2) is 5.44. The number of nitrogens with zero attached hydrogens (tertiary/aromatic N) is 5. The molecule has 3 aromatic rings. The first kappa shape index (κ1) is 13.4. The quantitative estimate of drug-likeness (QED) is 0.735. The summed E-state index contributed by atoms with van der Waals surface area (Å²) < 4.78 is 0. The Kier molecular flexibility index (Phi) is 3.48. The molecule has 0 saturated carbocycles. The Morgan fingerprint density at radius 1 is 1.33 bits per heavy atom. The first-order chi connectivity index (χ1) is 10.1. The van der Waals surface area contributed by atoms with Crippen molar-refractivity contribution in [3.8, 4) is 0 Å². The van der Waals surface area contributed by atoms with Crippen LogP contribution in [0.3, 0.4) is 0 Å². The van der Waals surface area contributed by atoms with Crippen molar-refractivity contribution in [3.05, 3.63) is 29.3 Å². The van der Waals surface area contributed by atoms with Crippen molar-refractivity contribution in [2.24, 2.45) is 0 Å². The molecular formula is C12H13N7OS. The van der Waals surface area contributed by atoms with E-state index in [0.717, 1.165) is 11.0 Å². The zero-order valence-electron chi connectivity index (χ0n) is 11.2. The van der Waals surface area contributed by atoms with E-state index >= 15 is 0 Å². The minimum Gasteiger partial charge on any atom is -0.374 e. The number of nitrogen functional groups attached to an aromatic ring is 1. The smallest absolute Gasteiger partial charge is 0.244 e. The molecule has 0 saturated heterocycles. The van der Waals surface area contributed by atoms with Gasteiger partial charge in [-0.1, -0.05) is 23.5 Å². The number of hydrogen-bond acceptors (Lipinski definition) is 7. The minimum atomic E-state index is -0.253. The van der Waals surface area contributed by atoms with Gasteiger partial charge in [0, 0.05) is 0 Å². The van der Waals surface area contributed by atoms with Gasteiger partial charge in [0.05, 0.1) is 6.04 Å². The summed E-state index contributed by atoms with van der Waals surface area (Å²) in [5, 5.41) is 20.0. The molecule has 2 heterocycles. The largest absolute Gasteiger partial charge is 0.374 e. The molecule has 21 heavy (non-hydrogen) atoms. The highest BCUT2D eigenvalue weighted by Crippen LogP contribution is 2.18. The van der Waals surface area contributed by atoms with E-state index in [0.29, 0.717) is 10.1 Å². The first-order valence-electron chi connectivity index (χ1n) is 6.30. The lowest BCUT2D eigenvalue weighted by Gasteiger charge is -2.09. The molecular weight excluding hydrogens is 290 g/mol. The van der Waals surface area contributed by atoms with E-state index in [4.69, 9.17) is 5.73 Å². The summed E-state index contributed by atoms with van der Waals surface area (Å²) in [6, 6.07) is 7.21. The summed E-state index contributed by atoms with van der Waals surface area (Å²) in [5.41, 5.74) is 7.04. The molecule has 3 rings (SSSR count). The highest BCUT2D eigenvalue weighted by Gasteiger charge is 2.15. The molecule has 0 fully saturated rings. The molecule has 0 bridgehead atoms. The third-order valence-corrected chi connectivity index (χ3v) is 3.75. The Morgan fingerprint density at radius 2 is 2.00 bits per heavy atom. The number of anilines is 1. The van der Waals surface area contributed by atoms with Crippen LogP contribution in [0.25, 0.3) is 11.0 Å². The molecule has 0 aliphatic heterocycles. The average molecular weight is 303 g/mol. The minimum absolute atomic E-state index is 0.0489. The van der Waals surface area contributed by atoms with Gasteiger partial charge in [0.25, 0.3) is 0 Å². The van der Waals surface area contributed by atoms with Crippen LogP contribution in [0.4, 0.5) is 5.13 Å². The summed E-state index contributed by atoms with van der Waals surface area (Å²) >= 11 is 1.25. The maximum absolute atomic E-state index is 12.0. The Hall–Kier alpha value is -2.55. The number of aromatic nitrogens is 5. The lowest BCUT2D eigenvalue weighted by Crippen LogP contribution is -2.30. The lowest BCUT2D eigenvalue weighted by atomic mass is 10.3. The number of nitrogens with two attached hydrogens (primary N) is 1. The second-order valence-corrected chi connectivity index (χ2v) is 5.53. The fourth-order valence-corrected chi connectivity index (χ4v) is 2.49. The van der Waals surface area contributed by atoms with Crippen LogP contribution in [0.5, 0.6) is 0 Å². The lowest BCUT2D eigenvalue weighted by molar-refractivity contribution is -0.122. The predicted molar refractivity (Wildman–Crippen MR) is 78.4 cm³/mol. The fourth-order valence-electron chi connectivity index (χ4n) is 1.87. The number of rotatable bonds is 4. The Labute approximate surface area is 124 Å². The summed E-state index contributed by atoms with van der Waals surface area (Å²) in [7, 11) is 0. The summed E-state index contributed by atoms with van der Waals surface area (Å²) in [6.07, 6.45) is 0. The number of benzene rings is 1. The van der Waals surface area contributed by atoms with E-state index in [1.54, 1.807) is 0 Å². The molecule has 3 N–H and O–H groups in total. The van der Waals surface area contributed by atoms with Crippen LogP contribution < -0.4 is 11.1 Å². The van der Waals surface area contributed by atoms with Gasteiger partial charge in [-0.15, -0.1) is 10.2 Å². The number of amides is 1. The van der Waals surface area contributed by atoms with E-state index in [1.165, 1.54) is 16.1 Å². The zero-order valence-corrected chi connectivity index (χ0v) is 12.0. The average Bonchev–Trinajstić information content (AvgIpc) is 3.03.